The second kappa shape index (κ2) is 9.37. The number of halogens is 1. The Kier molecular flexibility index (Phi) is 6.00. The maximum atomic E-state index is 15.5. The number of nitrogens with one attached hydrogen (secondary N) is 2. The largest absolute Gasteiger partial charge is 0.487 e. The Balaban J connectivity index is 1.37. The van der Waals surface area contributed by atoms with Gasteiger partial charge in [0.25, 0.3) is 10.7 Å². The number of benzene rings is 2. The van der Waals surface area contributed by atoms with Gasteiger partial charge in [-0.05, 0) is 56.5 Å². The van der Waals surface area contributed by atoms with Crippen LogP contribution in [0.5, 0.6) is 5.75 Å². The van der Waals surface area contributed by atoms with E-state index in [0.717, 1.165) is 13.1 Å². The minimum Gasteiger partial charge on any atom is -0.487 e. The average Bonchev–Trinajstić information content (AvgIpc) is 3.34. The number of H-pyrrole nitrogens is 1. The van der Waals surface area contributed by atoms with E-state index in [1.165, 1.54) is 6.07 Å². The van der Waals surface area contributed by atoms with Crippen molar-refractivity contribution in [1.82, 2.24) is 19.7 Å². The van der Waals surface area contributed by atoms with Crippen molar-refractivity contribution in [3.05, 3.63) is 63.0 Å². The first-order valence-corrected chi connectivity index (χ1v) is 12.7. The number of hydrogen-bond donors (Lipinski definition) is 2. The molecule has 1 fully saturated rings. The van der Waals surface area contributed by atoms with Gasteiger partial charge in [-0.2, -0.15) is 0 Å². The first kappa shape index (κ1) is 24.3. The fourth-order valence-electron chi connectivity index (χ4n) is 4.95. The lowest BCUT2D eigenvalue weighted by molar-refractivity contribution is 0.102. The molecule has 2 aliphatic heterocycles. The molecule has 0 aliphatic carbocycles. The zero-order chi connectivity index (χ0) is 26.6. The summed E-state index contributed by atoms with van der Waals surface area (Å²) in [5.74, 6) is -0.443. The molecule has 2 N–H and O–H groups in total. The Morgan fingerprint density at radius 3 is 2.63 bits per heavy atom. The van der Waals surface area contributed by atoms with Crippen LogP contribution in [-0.2, 0) is 0 Å². The first-order chi connectivity index (χ1) is 18.3. The Bertz CT molecular complexity index is 1670. The van der Waals surface area contributed by atoms with E-state index < -0.39 is 17.2 Å². The van der Waals surface area contributed by atoms with Crippen molar-refractivity contribution < 1.29 is 18.3 Å². The van der Waals surface area contributed by atoms with Gasteiger partial charge in [-0.1, -0.05) is 0 Å². The summed E-state index contributed by atoms with van der Waals surface area (Å²) in [6.07, 6.45) is 1.55. The van der Waals surface area contributed by atoms with Gasteiger partial charge in [0.05, 0.1) is 16.9 Å². The third kappa shape index (κ3) is 4.15. The number of anilines is 2. The van der Waals surface area contributed by atoms with Gasteiger partial charge in [0, 0.05) is 43.6 Å². The number of amides is 1. The van der Waals surface area contributed by atoms with Crippen molar-refractivity contribution in [2.24, 2.45) is 0 Å². The number of ether oxygens (including phenoxy) is 1. The van der Waals surface area contributed by atoms with Crippen LogP contribution in [0.3, 0.4) is 0 Å². The maximum absolute atomic E-state index is 15.5. The lowest BCUT2D eigenvalue weighted by Gasteiger charge is -2.37. The van der Waals surface area contributed by atoms with E-state index in [-0.39, 0.29) is 21.8 Å². The summed E-state index contributed by atoms with van der Waals surface area (Å²) in [5.41, 5.74) is 1.38. The number of aromatic nitrogens is 3. The van der Waals surface area contributed by atoms with E-state index in [4.69, 9.17) is 21.4 Å². The number of carbonyl (C=O) groups is 1. The van der Waals surface area contributed by atoms with Crippen molar-refractivity contribution in [1.29, 1.82) is 0 Å². The van der Waals surface area contributed by atoms with Crippen LogP contribution in [0.2, 0.25) is 0 Å². The van der Waals surface area contributed by atoms with Gasteiger partial charge in [0.2, 0.25) is 11.3 Å². The summed E-state index contributed by atoms with van der Waals surface area (Å²) in [6.45, 7) is 5.12. The molecule has 2 aromatic carbocycles. The van der Waals surface area contributed by atoms with E-state index in [2.05, 4.69) is 20.4 Å². The lowest BCUT2D eigenvalue weighted by atomic mass is 10.0. The molecule has 1 saturated heterocycles. The highest BCUT2D eigenvalue weighted by molar-refractivity contribution is 7.71. The molecule has 0 spiro atoms. The molecule has 0 bridgehead atoms. The zero-order valence-corrected chi connectivity index (χ0v) is 21.6. The Morgan fingerprint density at radius 2 is 1.95 bits per heavy atom. The second-order valence-electron chi connectivity index (χ2n) is 9.61. The molecule has 0 radical (unpaired) electrons. The predicted octanol–water partition coefficient (Wildman–Crippen LogP) is 3.81. The molecule has 1 amide bonds. The van der Waals surface area contributed by atoms with Crippen LogP contribution in [0.25, 0.3) is 22.4 Å². The number of pyridine rings is 1. The summed E-state index contributed by atoms with van der Waals surface area (Å²) in [5, 5.41) is 9.41. The fourth-order valence-corrected chi connectivity index (χ4v) is 5.07. The molecular weight excluding hydrogens is 511 g/mol. The highest BCUT2D eigenvalue weighted by Crippen LogP contribution is 2.42. The summed E-state index contributed by atoms with van der Waals surface area (Å²) >= 11 is 4.90. The number of rotatable bonds is 4. The maximum Gasteiger partial charge on any atom is 0.284 e. The molecule has 1 atom stereocenters. The summed E-state index contributed by atoms with van der Waals surface area (Å²) in [6, 6.07) is 7.83. The predicted molar refractivity (Wildman–Crippen MR) is 143 cm³/mol. The smallest absolute Gasteiger partial charge is 0.284 e. The molecule has 6 rings (SSSR count). The quantitative estimate of drug-likeness (QED) is 0.379. The van der Waals surface area contributed by atoms with E-state index in [1.807, 2.05) is 23.4 Å². The summed E-state index contributed by atoms with van der Waals surface area (Å²) in [7, 11) is 2.03. The summed E-state index contributed by atoms with van der Waals surface area (Å²) < 4.78 is 28.7. The fraction of sp³-hybridized carbons (Fsp3) is 0.308. The number of carbonyl (C=O) groups excluding carboxylic acids is 1. The van der Waals surface area contributed by atoms with E-state index in [1.54, 1.807) is 30.5 Å². The van der Waals surface area contributed by atoms with E-state index >= 15 is 4.39 Å². The Hall–Kier alpha value is -4.03. The molecule has 4 heterocycles. The molecule has 0 saturated carbocycles. The normalized spacial score (nSPS) is 17.4. The van der Waals surface area contributed by atoms with Gasteiger partial charge >= 0.3 is 0 Å². The van der Waals surface area contributed by atoms with Crippen molar-refractivity contribution in [2.75, 3.05) is 50.1 Å². The Morgan fingerprint density at radius 1 is 1.21 bits per heavy atom. The van der Waals surface area contributed by atoms with Gasteiger partial charge in [0.15, 0.2) is 11.6 Å². The minimum absolute atomic E-state index is 0.0777. The molecule has 10 nitrogen and oxygen atoms in total. The van der Waals surface area contributed by atoms with Crippen LogP contribution in [0, 0.1) is 10.7 Å². The number of likely N-dealkylation sites (N-methyl/N-ethyl adjacent to an activating group) is 1. The minimum atomic E-state index is -0.588. The Labute approximate surface area is 221 Å². The zero-order valence-electron chi connectivity index (χ0n) is 20.8. The SMILES string of the molecule is CC1COc2c(N3CCN(C)CC3)c(F)cc3c(=O)c(C(=O)Nc4ccc(-c5n[nH]c(=S)o5)cc4)cn1c23. The van der Waals surface area contributed by atoms with Gasteiger partial charge in [-0.25, -0.2) is 9.49 Å². The number of aromatic amines is 1. The summed E-state index contributed by atoms with van der Waals surface area (Å²) in [4.78, 5) is 31.0. The van der Waals surface area contributed by atoms with Crippen LogP contribution in [0.4, 0.5) is 15.8 Å². The highest BCUT2D eigenvalue weighted by Gasteiger charge is 2.31. The van der Waals surface area contributed by atoms with Gasteiger partial charge in [0.1, 0.15) is 17.9 Å². The van der Waals surface area contributed by atoms with Crippen LogP contribution < -0.4 is 20.4 Å². The van der Waals surface area contributed by atoms with Gasteiger partial charge in [-0.3, -0.25) is 9.59 Å². The molecule has 4 aromatic rings. The molecule has 2 aliphatic rings. The van der Waals surface area contributed by atoms with Crippen LogP contribution in [0.1, 0.15) is 23.3 Å². The molecule has 2 aromatic heterocycles. The van der Waals surface area contributed by atoms with Gasteiger partial charge in [-0.15, -0.1) is 5.10 Å². The molecule has 12 heteroatoms. The van der Waals surface area contributed by atoms with Gasteiger partial charge < -0.3 is 28.8 Å². The molecular formula is C26H25FN6O4S. The van der Waals surface area contributed by atoms with Crippen molar-refractivity contribution >= 4 is 40.4 Å². The van der Waals surface area contributed by atoms with Crippen LogP contribution >= 0.6 is 12.2 Å². The van der Waals surface area contributed by atoms with Crippen LogP contribution in [0.15, 0.2) is 45.7 Å². The molecule has 196 valence electrons. The molecule has 38 heavy (non-hydrogen) atoms. The third-order valence-electron chi connectivity index (χ3n) is 7.03. The van der Waals surface area contributed by atoms with Crippen molar-refractivity contribution in [3.63, 3.8) is 0 Å². The van der Waals surface area contributed by atoms with Crippen LogP contribution in [-0.4, -0.2) is 65.4 Å². The third-order valence-corrected chi connectivity index (χ3v) is 7.21. The average molecular weight is 537 g/mol. The van der Waals surface area contributed by atoms with Crippen molar-refractivity contribution in [2.45, 2.75) is 13.0 Å². The van der Waals surface area contributed by atoms with E-state index in [0.29, 0.717) is 53.8 Å². The second-order valence-corrected chi connectivity index (χ2v) is 9.98. The van der Waals surface area contributed by atoms with E-state index in [9.17, 15) is 9.59 Å². The number of nitrogens with zero attached hydrogens (tertiary/aromatic N) is 4. The lowest BCUT2D eigenvalue weighted by Crippen LogP contribution is -2.45. The number of hydrogen-bond acceptors (Lipinski definition) is 8. The molecule has 1 unspecified atom stereocenters. The monoisotopic (exact) mass is 536 g/mol. The standard InChI is InChI=1S/C26H25FN6O4S/c1-14-13-36-23-20-17(11-19(27)21(23)32-9-7-31(2)8-10-32)22(34)18(12-33(14)20)24(35)28-16-5-3-15(4-6-16)25-29-30-26(38)37-25/h3-6,11-12,14H,7-10,13H2,1-2H3,(H,28,35)(H,30,38). The topological polar surface area (TPSA) is 109 Å². The highest BCUT2D eigenvalue weighted by atomic mass is 32.1. The van der Waals surface area contributed by atoms with Crippen molar-refractivity contribution in [3.8, 4) is 17.2 Å². The first-order valence-electron chi connectivity index (χ1n) is 12.2. The number of piperazine rings is 1.